The van der Waals surface area contributed by atoms with Gasteiger partial charge in [0, 0.05) is 23.0 Å². The molecule has 0 amide bonds. The molecule has 1 aliphatic heterocycles. The maximum Gasteiger partial charge on any atom is 0.256 e. The third-order valence-corrected chi connectivity index (χ3v) is 4.44. The Balaban J connectivity index is 1.96. The van der Waals surface area contributed by atoms with Gasteiger partial charge in [-0.1, -0.05) is 18.2 Å². The first kappa shape index (κ1) is 13.3. The van der Waals surface area contributed by atoms with Crippen molar-refractivity contribution in [2.24, 2.45) is 0 Å². The molecular weight excluding hydrogens is 252 g/mol. The van der Waals surface area contributed by atoms with Gasteiger partial charge in [0.25, 0.3) is 5.56 Å². The third kappa shape index (κ3) is 2.37. The van der Waals surface area contributed by atoms with E-state index in [4.69, 9.17) is 0 Å². The van der Waals surface area contributed by atoms with E-state index >= 15 is 0 Å². The Hall–Kier alpha value is -1.65. The van der Waals surface area contributed by atoms with E-state index in [1.54, 1.807) is 0 Å². The smallest absolute Gasteiger partial charge is 0.256 e. The number of rotatable bonds is 2. The zero-order valence-electron chi connectivity index (χ0n) is 11.7. The van der Waals surface area contributed by atoms with Crippen molar-refractivity contribution in [2.45, 2.75) is 24.8 Å². The first-order valence-electron chi connectivity index (χ1n) is 7.12. The molecule has 4 nitrogen and oxygen atoms in total. The second-order valence-corrected chi connectivity index (χ2v) is 5.68. The predicted molar refractivity (Wildman–Crippen MR) is 80.0 cm³/mol. The van der Waals surface area contributed by atoms with Crippen molar-refractivity contribution in [3.63, 3.8) is 0 Å². The Morgan fingerprint density at radius 2 is 2.20 bits per heavy atom. The van der Waals surface area contributed by atoms with E-state index in [0.29, 0.717) is 5.92 Å². The maximum atomic E-state index is 12.1. The summed E-state index contributed by atoms with van der Waals surface area (Å²) in [5.41, 5.74) is 0.984. The number of hydrogen-bond acceptors (Lipinski definition) is 3. The number of fused-ring (bicyclic) bond motifs is 1. The molecule has 4 heteroatoms. The van der Waals surface area contributed by atoms with Crippen LogP contribution in [0.3, 0.4) is 0 Å². The molecule has 0 radical (unpaired) electrons. The highest BCUT2D eigenvalue weighted by atomic mass is 16.3. The Labute approximate surface area is 118 Å². The SMILES string of the molecule is CN1CCC(c2cc3ccccc3c(=O)[nH]2)C[C@H]1CO. The van der Waals surface area contributed by atoms with E-state index in [2.05, 4.69) is 16.0 Å². The average molecular weight is 272 g/mol. The molecule has 106 valence electrons. The van der Waals surface area contributed by atoms with Crippen LogP contribution in [0.15, 0.2) is 35.1 Å². The Morgan fingerprint density at radius 3 is 3.00 bits per heavy atom. The quantitative estimate of drug-likeness (QED) is 0.875. The van der Waals surface area contributed by atoms with Gasteiger partial charge in [-0.15, -0.1) is 0 Å². The van der Waals surface area contributed by atoms with Gasteiger partial charge in [-0.3, -0.25) is 4.79 Å². The molecule has 2 aromatic rings. The van der Waals surface area contributed by atoms with Crippen LogP contribution in [0.4, 0.5) is 0 Å². The summed E-state index contributed by atoms with van der Waals surface area (Å²) < 4.78 is 0. The molecule has 20 heavy (non-hydrogen) atoms. The molecule has 0 saturated carbocycles. The minimum absolute atomic E-state index is 0.0161. The maximum absolute atomic E-state index is 12.1. The van der Waals surface area contributed by atoms with Crippen LogP contribution in [-0.4, -0.2) is 41.2 Å². The number of hydrogen-bond donors (Lipinski definition) is 2. The van der Waals surface area contributed by atoms with Gasteiger partial charge in [0.1, 0.15) is 0 Å². The van der Waals surface area contributed by atoms with Gasteiger partial charge in [-0.25, -0.2) is 0 Å². The topological polar surface area (TPSA) is 56.3 Å². The number of aromatic amines is 1. The fourth-order valence-corrected chi connectivity index (χ4v) is 3.12. The van der Waals surface area contributed by atoms with Crippen LogP contribution < -0.4 is 5.56 Å². The lowest BCUT2D eigenvalue weighted by Gasteiger charge is -2.36. The minimum Gasteiger partial charge on any atom is -0.395 e. The summed E-state index contributed by atoms with van der Waals surface area (Å²) in [4.78, 5) is 17.4. The number of aliphatic hydroxyl groups excluding tert-OH is 1. The van der Waals surface area contributed by atoms with Crippen LogP contribution in [0.1, 0.15) is 24.5 Å². The number of benzene rings is 1. The van der Waals surface area contributed by atoms with E-state index in [0.717, 1.165) is 35.9 Å². The standard InChI is InChI=1S/C16H20N2O2/c1-18-7-6-12(8-13(18)10-19)15-9-11-4-2-3-5-14(11)16(20)17-15/h2-5,9,12-13,19H,6-8,10H2,1H3,(H,17,20)/t12?,13-/m0/s1. The van der Waals surface area contributed by atoms with E-state index < -0.39 is 0 Å². The fourth-order valence-electron chi connectivity index (χ4n) is 3.12. The summed E-state index contributed by atoms with van der Waals surface area (Å²) in [7, 11) is 2.04. The molecule has 2 N–H and O–H groups in total. The van der Waals surface area contributed by atoms with E-state index in [1.807, 2.05) is 31.3 Å². The lowest BCUT2D eigenvalue weighted by Crippen LogP contribution is -2.41. The number of aromatic nitrogens is 1. The van der Waals surface area contributed by atoms with Gasteiger partial charge < -0.3 is 15.0 Å². The van der Waals surface area contributed by atoms with Gasteiger partial charge in [0.2, 0.25) is 0 Å². The first-order valence-corrected chi connectivity index (χ1v) is 7.12. The largest absolute Gasteiger partial charge is 0.395 e. The van der Waals surface area contributed by atoms with Gasteiger partial charge in [0.15, 0.2) is 0 Å². The summed E-state index contributed by atoms with van der Waals surface area (Å²) >= 11 is 0. The van der Waals surface area contributed by atoms with Gasteiger partial charge in [0.05, 0.1) is 6.61 Å². The molecule has 1 unspecified atom stereocenters. The summed E-state index contributed by atoms with van der Waals surface area (Å²) in [6.07, 6.45) is 1.91. The normalized spacial score (nSPS) is 24.1. The monoisotopic (exact) mass is 272 g/mol. The number of likely N-dealkylation sites (N-methyl/N-ethyl adjacent to an activating group) is 1. The molecule has 1 fully saturated rings. The second kappa shape index (κ2) is 5.38. The fraction of sp³-hybridized carbons (Fsp3) is 0.438. The van der Waals surface area contributed by atoms with Gasteiger partial charge >= 0.3 is 0 Å². The molecule has 1 saturated heterocycles. The van der Waals surface area contributed by atoms with Crippen LogP contribution in [-0.2, 0) is 0 Å². The molecule has 2 atom stereocenters. The van der Waals surface area contributed by atoms with Gasteiger partial charge in [-0.05, 0) is 44.0 Å². The van der Waals surface area contributed by atoms with Crippen LogP contribution >= 0.6 is 0 Å². The van der Waals surface area contributed by atoms with Crippen molar-refractivity contribution in [3.05, 3.63) is 46.4 Å². The number of nitrogens with one attached hydrogen (secondary N) is 1. The molecule has 2 heterocycles. The van der Waals surface area contributed by atoms with Crippen molar-refractivity contribution >= 4 is 10.8 Å². The van der Waals surface area contributed by atoms with E-state index in [9.17, 15) is 9.90 Å². The number of piperidine rings is 1. The summed E-state index contributed by atoms with van der Waals surface area (Å²) in [5.74, 6) is 0.320. The zero-order chi connectivity index (χ0) is 14.1. The molecule has 0 aliphatic carbocycles. The number of H-pyrrole nitrogens is 1. The average Bonchev–Trinajstić information content (AvgIpc) is 2.47. The van der Waals surface area contributed by atoms with Crippen LogP contribution in [0.5, 0.6) is 0 Å². The van der Waals surface area contributed by atoms with E-state index in [-0.39, 0.29) is 18.2 Å². The molecule has 3 rings (SSSR count). The summed E-state index contributed by atoms with van der Waals surface area (Å²) in [6.45, 7) is 1.12. The van der Waals surface area contributed by atoms with Crippen molar-refractivity contribution in [3.8, 4) is 0 Å². The highest BCUT2D eigenvalue weighted by Gasteiger charge is 2.27. The van der Waals surface area contributed by atoms with E-state index in [1.165, 1.54) is 0 Å². The van der Waals surface area contributed by atoms with Crippen molar-refractivity contribution in [1.29, 1.82) is 0 Å². The lowest BCUT2D eigenvalue weighted by molar-refractivity contribution is 0.103. The van der Waals surface area contributed by atoms with Crippen LogP contribution in [0.2, 0.25) is 0 Å². The number of likely N-dealkylation sites (tertiary alicyclic amines) is 1. The summed E-state index contributed by atoms with van der Waals surface area (Å²) in [5, 5.41) is 11.2. The highest BCUT2D eigenvalue weighted by Crippen LogP contribution is 2.30. The first-order chi connectivity index (χ1) is 9.69. The van der Waals surface area contributed by atoms with Gasteiger partial charge in [-0.2, -0.15) is 0 Å². The Bertz CT molecular complexity index is 665. The van der Waals surface area contributed by atoms with Crippen molar-refractivity contribution in [1.82, 2.24) is 9.88 Å². The molecule has 1 aromatic carbocycles. The number of pyridine rings is 1. The molecule has 1 aromatic heterocycles. The second-order valence-electron chi connectivity index (χ2n) is 5.68. The molecule has 0 bridgehead atoms. The number of nitrogens with zero attached hydrogens (tertiary/aromatic N) is 1. The third-order valence-electron chi connectivity index (χ3n) is 4.44. The Kier molecular flexibility index (Phi) is 3.59. The van der Waals surface area contributed by atoms with Crippen LogP contribution in [0, 0.1) is 0 Å². The highest BCUT2D eigenvalue weighted by molar-refractivity contribution is 5.81. The van der Waals surface area contributed by atoms with Crippen molar-refractivity contribution < 1.29 is 5.11 Å². The number of aliphatic hydroxyl groups is 1. The molecular formula is C16H20N2O2. The van der Waals surface area contributed by atoms with Crippen LogP contribution in [0.25, 0.3) is 10.8 Å². The summed E-state index contributed by atoms with van der Waals surface area (Å²) in [6, 6.07) is 9.94. The molecule has 1 aliphatic rings. The van der Waals surface area contributed by atoms with Crippen molar-refractivity contribution in [2.75, 3.05) is 20.2 Å². The Morgan fingerprint density at radius 1 is 1.40 bits per heavy atom. The predicted octanol–water partition coefficient (Wildman–Crippen LogP) is 1.70. The minimum atomic E-state index is -0.0161. The lowest BCUT2D eigenvalue weighted by atomic mass is 9.88. The molecule has 0 spiro atoms. The zero-order valence-corrected chi connectivity index (χ0v) is 11.7.